The van der Waals surface area contributed by atoms with Crippen LogP contribution in [0.3, 0.4) is 0 Å². The number of hydrogen-bond donors (Lipinski definition) is 1. The maximum atomic E-state index is 12.6. The standard InChI is InChI=1S/C17H29NO3/c1-18(14-9-5-4-6-10-14)15(19)13-17(16(20)21)11-7-2-3-8-12-17/h14H,2-13H2,1H3,(H,20,21). The molecule has 120 valence electrons. The van der Waals surface area contributed by atoms with E-state index in [1.807, 2.05) is 11.9 Å². The molecule has 0 spiro atoms. The van der Waals surface area contributed by atoms with Crippen LogP contribution in [0.15, 0.2) is 0 Å². The van der Waals surface area contributed by atoms with Crippen LogP contribution < -0.4 is 0 Å². The van der Waals surface area contributed by atoms with Gasteiger partial charge in [-0.2, -0.15) is 0 Å². The van der Waals surface area contributed by atoms with E-state index in [1.54, 1.807) is 0 Å². The summed E-state index contributed by atoms with van der Waals surface area (Å²) in [7, 11) is 1.87. The Kier molecular flexibility index (Phi) is 5.65. The summed E-state index contributed by atoms with van der Waals surface area (Å²) in [5, 5.41) is 9.68. The van der Waals surface area contributed by atoms with E-state index in [0.29, 0.717) is 18.9 Å². The van der Waals surface area contributed by atoms with Gasteiger partial charge in [-0.05, 0) is 25.7 Å². The highest BCUT2D eigenvalue weighted by atomic mass is 16.4. The molecule has 0 aromatic rings. The van der Waals surface area contributed by atoms with E-state index >= 15 is 0 Å². The van der Waals surface area contributed by atoms with Crippen LogP contribution in [-0.4, -0.2) is 35.0 Å². The third-order valence-corrected chi connectivity index (χ3v) is 5.52. The van der Waals surface area contributed by atoms with E-state index in [2.05, 4.69) is 0 Å². The van der Waals surface area contributed by atoms with Crippen molar-refractivity contribution in [3.8, 4) is 0 Å². The van der Waals surface area contributed by atoms with Crippen LogP contribution in [-0.2, 0) is 9.59 Å². The summed E-state index contributed by atoms with van der Waals surface area (Å²) < 4.78 is 0. The fraction of sp³-hybridized carbons (Fsp3) is 0.882. The van der Waals surface area contributed by atoms with Gasteiger partial charge in [-0.1, -0.05) is 44.9 Å². The molecule has 21 heavy (non-hydrogen) atoms. The number of carboxylic acids is 1. The largest absolute Gasteiger partial charge is 0.481 e. The van der Waals surface area contributed by atoms with E-state index in [1.165, 1.54) is 19.3 Å². The van der Waals surface area contributed by atoms with Crippen LogP contribution in [0, 0.1) is 5.41 Å². The van der Waals surface area contributed by atoms with E-state index in [4.69, 9.17) is 0 Å². The van der Waals surface area contributed by atoms with Crippen molar-refractivity contribution in [3.63, 3.8) is 0 Å². The molecule has 2 fully saturated rings. The summed E-state index contributed by atoms with van der Waals surface area (Å²) in [4.78, 5) is 26.2. The second-order valence-corrected chi connectivity index (χ2v) is 6.97. The maximum Gasteiger partial charge on any atom is 0.310 e. The molecular formula is C17H29NO3. The zero-order chi connectivity index (χ0) is 15.3. The molecule has 0 unspecified atom stereocenters. The van der Waals surface area contributed by atoms with Gasteiger partial charge in [-0.15, -0.1) is 0 Å². The number of hydrogen-bond acceptors (Lipinski definition) is 2. The highest BCUT2D eigenvalue weighted by molar-refractivity contribution is 5.85. The lowest BCUT2D eigenvalue weighted by Crippen LogP contribution is -2.43. The molecule has 4 nitrogen and oxygen atoms in total. The predicted octanol–water partition coefficient (Wildman–Crippen LogP) is 3.59. The molecular weight excluding hydrogens is 266 g/mol. The maximum absolute atomic E-state index is 12.6. The first kappa shape index (κ1) is 16.3. The van der Waals surface area contributed by atoms with Crippen molar-refractivity contribution < 1.29 is 14.7 Å². The third kappa shape index (κ3) is 3.98. The van der Waals surface area contributed by atoms with Gasteiger partial charge in [0, 0.05) is 19.5 Å². The minimum Gasteiger partial charge on any atom is -0.481 e. The van der Waals surface area contributed by atoms with E-state index in [-0.39, 0.29) is 12.3 Å². The smallest absolute Gasteiger partial charge is 0.310 e. The van der Waals surface area contributed by atoms with Gasteiger partial charge in [-0.25, -0.2) is 0 Å². The molecule has 2 rings (SSSR count). The van der Waals surface area contributed by atoms with Crippen molar-refractivity contribution >= 4 is 11.9 Å². The van der Waals surface area contributed by atoms with Crippen molar-refractivity contribution in [1.29, 1.82) is 0 Å². The van der Waals surface area contributed by atoms with Crippen LogP contribution in [0.5, 0.6) is 0 Å². The topological polar surface area (TPSA) is 57.6 Å². The molecule has 2 aliphatic carbocycles. The molecule has 0 aromatic heterocycles. The molecule has 1 amide bonds. The second-order valence-electron chi connectivity index (χ2n) is 6.97. The van der Waals surface area contributed by atoms with E-state index in [0.717, 1.165) is 38.5 Å². The Labute approximate surface area is 127 Å². The summed E-state index contributed by atoms with van der Waals surface area (Å²) in [6.07, 6.45) is 11.4. The van der Waals surface area contributed by atoms with Crippen LogP contribution in [0.1, 0.15) is 77.0 Å². The van der Waals surface area contributed by atoms with Crippen molar-refractivity contribution in [2.45, 2.75) is 83.1 Å². The fourth-order valence-electron chi connectivity index (χ4n) is 3.96. The highest BCUT2D eigenvalue weighted by Crippen LogP contribution is 2.39. The normalized spacial score (nSPS) is 23.3. The Bertz CT molecular complexity index is 366. The first-order valence-corrected chi connectivity index (χ1v) is 8.54. The van der Waals surface area contributed by atoms with Gasteiger partial charge >= 0.3 is 5.97 Å². The molecule has 0 saturated heterocycles. The number of carbonyl (C=O) groups excluding carboxylic acids is 1. The molecule has 0 radical (unpaired) electrons. The third-order valence-electron chi connectivity index (χ3n) is 5.52. The summed E-state index contributed by atoms with van der Waals surface area (Å²) in [5.74, 6) is -0.735. The number of nitrogens with zero attached hydrogens (tertiary/aromatic N) is 1. The molecule has 1 N–H and O–H groups in total. The number of aliphatic carboxylic acids is 1. The van der Waals surface area contributed by atoms with Gasteiger partial charge < -0.3 is 10.0 Å². The van der Waals surface area contributed by atoms with Crippen molar-refractivity contribution in [1.82, 2.24) is 4.90 Å². The quantitative estimate of drug-likeness (QED) is 0.806. The van der Waals surface area contributed by atoms with Crippen molar-refractivity contribution in [2.24, 2.45) is 5.41 Å². The lowest BCUT2D eigenvalue weighted by atomic mass is 9.77. The molecule has 0 aliphatic heterocycles. The number of carboxylic acid groups (broad SMARTS) is 1. The lowest BCUT2D eigenvalue weighted by Gasteiger charge is -2.34. The fourth-order valence-corrected chi connectivity index (χ4v) is 3.96. The minimum absolute atomic E-state index is 0.0335. The molecule has 0 atom stereocenters. The van der Waals surface area contributed by atoms with E-state index in [9.17, 15) is 14.7 Å². The zero-order valence-electron chi connectivity index (χ0n) is 13.3. The van der Waals surface area contributed by atoms with Gasteiger partial charge in [0.25, 0.3) is 0 Å². The van der Waals surface area contributed by atoms with Gasteiger partial charge in [0.1, 0.15) is 0 Å². The zero-order valence-corrected chi connectivity index (χ0v) is 13.3. The average Bonchev–Trinajstić information content (AvgIpc) is 2.74. The lowest BCUT2D eigenvalue weighted by molar-refractivity contribution is -0.155. The summed E-state index contributed by atoms with van der Waals surface area (Å²) in [5.41, 5.74) is -0.809. The monoisotopic (exact) mass is 295 g/mol. The van der Waals surface area contributed by atoms with Crippen molar-refractivity contribution in [3.05, 3.63) is 0 Å². The van der Waals surface area contributed by atoms with Crippen LogP contribution in [0.2, 0.25) is 0 Å². The molecule has 0 bridgehead atoms. The Hall–Kier alpha value is -1.06. The van der Waals surface area contributed by atoms with Gasteiger partial charge in [0.05, 0.1) is 5.41 Å². The van der Waals surface area contributed by atoms with E-state index < -0.39 is 11.4 Å². The van der Waals surface area contributed by atoms with Crippen LogP contribution in [0.25, 0.3) is 0 Å². The molecule has 4 heteroatoms. The first-order chi connectivity index (χ1) is 10.1. The summed E-state index contributed by atoms with van der Waals surface area (Å²) >= 11 is 0. The predicted molar refractivity (Wildman–Crippen MR) is 82.0 cm³/mol. The second kappa shape index (κ2) is 7.28. The number of carbonyl (C=O) groups is 2. The summed E-state index contributed by atoms with van der Waals surface area (Å²) in [6.45, 7) is 0. The molecule has 0 heterocycles. The van der Waals surface area contributed by atoms with Crippen molar-refractivity contribution in [2.75, 3.05) is 7.05 Å². The summed E-state index contributed by atoms with van der Waals surface area (Å²) in [6, 6.07) is 0.322. The highest BCUT2D eigenvalue weighted by Gasteiger charge is 2.41. The van der Waals surface area contributed by atoms with Crippen LogP contribution in [0.4, 0.5) is 0 Å². The molecule has 2 saturated carbocycles. The number of rotatable bonds is 4. The van der Waals surface area contributed by atoms with Gasteiger partial charge in [-0.3, -0.25) is 9.59 Å². The molecule has 2 aliphatic rings. The van der Waals surface area contributed by atoms with Gasteiger partial charge in [0.15, 0.2) is 0 Å². The Morgan fingerprint density at radius 1 is 1.00 bits per heavy atom. The Balaban J connectivity index is 2.01. The Morgan fingerprint density at radius 2 is 1.52 bits per heavy atom. The first-order valence-electron chi connectivity index (χ1n) is 8.54. The minimum atomic E-state index is -0.809. The average molecular weight is 295 g/mol. The van der Waals surface area contributed by atoms with Crippen LogP contribution >= 0.6 is 0 Å². The molecule has 0 aromatic carbocycles. The van der Waals surface area contributed by atoms with Gasteiger partial charge in [0.2, 0.25) is 5.91 Å². The SMILES string of the molecule is CN(C(=O)CC1(C(=O)O)CCCCCC1)C1CCCCC1. The Morgan fingerprint density at radius 3 is 2.05 bits per heavy atom. The number of amides is 1.